The van der Waals surface area contributed by atoms with E-state index in [0.29, 0.717) is 19.2 Å². The Morgan fingerprint density at radius 2 is 2.00 bits per heavy atom. The molecule has 2 aliphatic heterocycles. The zero-order valence-corrected chi connectivity index (χ0v) is 26.0. The minimum Gasteiger partial charge on any atom is -0.383 e. The molecule has 0 aromatic carbocycles. The van der Waals surface area contributed by atoms with Crippen molar-refractivity contribution in [1.82, 2.24) is 25.8 Å². The highest BCUT2D eigenvalue weighted by atomic mass is 35.5. The molecule has 2 saturated heterocycles. The van der Waals surface area contributed by atoms with E-state index in [1.54, 1.807) is 7.11 Å². The molecule has 0 spiro atoms. The summed E-state index contributed by atoms with van der Waals surface area (Å²) in [4.78, 5) is 18.8. The predicted molar refractivity (Wildman–Crippen MR) is 163 cm³/mol. The number of halogens is 1. The Morgan fingerprint density at radius 1 is 1.23 bits per heavy atom. The Bertz CT molecular complexity index is 726. The summed E-state index contributed by atoms with van der Waals surface area (Å²) in [6.45, 7) is 12.3. The van der Waals surface area contributed by atoms with Gasteiger partial charge in [0.25, 0.3) is 0 Å². The Balaban J connectivity index is 2.17. The van der Waals surface area contributed by atoms with Crippen molar-refractivity contribution in [2.75, 3.05) is 60.0 Å². The second kappa shape index (κ2) is 18.6. The number of carbonyl (C=O) groups excluding carboxylic acids is 1. The fourth-order valence-electron chi connectivity index (χ4n) is 5.85. The molecule has 7 N–H and O–H groups in total. The number of nitrogens with zero attached hydrogens (tertiary/aromatic N) is 2. The third-order valence-electron chi connectivity index (χ3n) is 8.42. The Kier molecular flexibility index (Phi) is 16.4. The van der Waals surface area contributed by atoms with Crippen LogP contribution in [0.4, 0.5) is 0 Å². The predicted octanol–water partition coefficient (Wildman–Crippen LogP) is 1.85. The van der Waals surface area contributed by atoms with Gasteiger partial charge in [0, 0.05) is 63.3 Å². The van der Waals surface area contributed by atoms with Crippen LogP contribution in [0.25, 0.3) is 0 Å². The van der Waals surface area contributed by atoms with Crippen molar-refractivity contribution in [2.45, 2.75) is 101 Å². The summed E-state index contributed by atoms with van der Waals surface area (Å²) >= 11 is 6.46. The van der Waals surface area contributed by atoms with Crippen molar-refractivity contribution in [3.05, 3.63) is 11.6 Å². The van der Waals surface area contributed by atoms with Crippen molar-refractivity contribution in [3.8, 4) is 0 Å². The number of nitrogens with one attached hydrogen (secondary N) is 3. The molecule has 0 aromatic heterocycles. The summed E-state index contributed by atoms with van der Waals surface area (Å²) in [5.74, 6) is -0.700. The van der Waals surface area contributed by atoms with Crippen LogP contribution in [0, 0.1) is 5.92 Å². The second-order valence-corrected chi connectivity index (χ2v) is 12.2. The van der Waals surface area contributed by atoms with Gasteiger partial charge in [0.15, 0.2) is 0 Å². The standard InChI is InChI=1S/C29H58ClN7O2/c1-6-8-9-10-11-21(3)16-24(34-17-22(30)7-2)27(28(31)32)29(38)35-25-18-33-13-12-26(25)37-15-14-36(4)23(19-37)20-39-5/h16,22-28,33-34H,6-15,17-20,31-32H2,1-5H3,(H,35,38)/b21-16-. The maximum absolute atomic E-state index is 13.9. The average Bonchev–Trinajstić information content (AvgIpc) is 2.91. The van der Waals surface area contributed by atoms with Gasteiger partial charge in [0.2, 0.25) is 5.91 Å². The van der Waals surface area contributed by atoms with Gasteiger partial charge in [0.1, 0.15) is 0 Å². The number of nitrogens with two attached hydrogens (primary N) is 2. The molecule has 39 heavy (non-hydrogen) atoms. The van der Waals surface area contributed by atoms with Crippen LogP contribution in [0.3, 0.4) is 0 Å². The number of allylic oxidation sites excluding steroid dienone is 1. The Hall–Kier alpha value is -0.780. The number of methoxy groups -OCH3 is 1. The van der Waals surface area contributed by atoms with E-state index in [4.69, 9.17) is 27.8 Å². The third kappa shape index (κ3) is 11.6. The first-order valence-electron chi connectivity index (χ1n) is 15.2. The Labute approximate surface area is 243 Å². The van der Waals surface area contributed by atoms with E-state index in [0.717, 1.165) is 58.4 Å². The summed E-state index contributed by atoms with van der Waals surface area (Å²) in [5, 5.41) is 10.4. The highest BCUT2D eigenvalue weighted by Crippen LogP contribution is 2.20. The van der Waals surface area contributed by atoms with E-state index in [2.05, 4.69) is 59.6 Å². The molecular weight excluding hydrogens is 514 g/mol. The fourth-order valence-corrected chi connectivity index (χ4v) is 5.94. The maximum atomic E-state index is 13.9. The summed E-state index contributed by atoms with van der Waals surface area (Å²) < 4.78 is 5.48. The lowest BCUT2D eigenvalue weighted by Gasteiger charge is -2.47. The SMILES string of the molecule is CCCCCC/C(C)=C\C(NCC(Cl)CC)C(C(=O)NC1CNCCC1N1CCN(C)C(COC)C1)C(N)N. The molecule has 0 bridgehead atoms. The van der Waals surface area contributed by atoms with Gasteiger partial charge in [-0.1, -0.05) is 44.8 Å². The van der Waals surface area contributed by atoms with Crippen LogP contribution in [0.1, 0.15) is 65.7 Å². The van der Waals surface area contributed by atoms with Crippen LogP contribution in [-0.2, 0) is 9.53 Å². The van der Waals surface area contributed by atoms with Gasteiger partial charge in [-0.05, 0) is 46.2 Å². The fraction of sp³-hybridized carbons (Fsp3) is 0.897. The third-order valence-corrected chi connectivity index (χ3v) is 8.88. The van der Waals surface area contributed by atoms with Crippen molar-refractivity contribution < 1.29 is 9.53 Å². The maximum Gasteiger partial charge on any atom is 0.228 e. The largest absolute Gasteiger partial charge is 0.383 e. The lowest BCUT2D eigenvalue weighted by molar-refractivity contribution is -0.127. The molecule has 0 aliphatic carbocycles. The van der Waals surface area contributed by atoms with Gasteiger partial charge >= 0.3 is 0 Å². The zero-order chi connectivity index (χ0) is 28.8. The van der Waals surface area contributed by atoms with Gasteiger partial charge in [-0.15, -0.1) is 11.6 Å². The molecular formula is C29H58ClN7O2. The van der Waals surface area contributed by atoms with Crippen molar-refractivity contribution in [2.24, 2.45) is 17.4 Å². The number of piperazine rings is 1. The molecule has 0 saturated carbocycles. The molecule has 0 radical (unpaired) electrons. The molecule has 0 aromatic rings. The molecule has 10 heteroatoms. The number of unbranched alkanes of at least 4 members (excludes halogenated alkanes) is 3. The highest BCUT2D eigenvalue weighted by Gasteiger charge is 2.38. The first-order chi connectivity index (χ1) is 18.7. The number of amides is 1. The molecule has 9 nitrogen and oxygen atoms in total. The quantitative estimate of drug-likeness (QED) is 0.0776. The van der Waals surface area contributed by atoms with Gasteiger partial charge in [-0.25, -0.2) is 0 Å². The molecule has 2 rings (SSSR count). The number of piperidine rings is 1. The smallest absolute Gasteiger partial charge is 0.228 e. The van der Waals surface area contributed by atoms with E-state index < -0.39 is 12.1 Å². The van der Waals surface area contributed by atoms with E-state index in [1.807, 2.05) is 0 Å². The first kappa shape index (κ1) is 34.4. The van der Waals surface area contributed by atoms with Gasteiger partial charge in [-0.2, -0.15) is 0 Å². The second-order valence-electron chi connectivity index (χ2n) is 11.6. The van der Waals surface area contributed by atoms with Gasteiger partial charge in [0.05, 0.1) is 24.7 Å². The molecule has 2 fully saturated rings. The monoisotopic (exact) mass is 571 g/mol. The molecule has 6 atom stereocenters. The zero-order valence-electron chi connectivity index (χ0n) is 25.3. The van der Waals surface area contributed by atoms with E-state index in [-0.39, 0.29) is 29.4 Å². The number of hydrogen-bond donors (Lipinski definition) is 5. The highest BCUT2D eigenvalue weighted by molar-refractivity contribution is 6.20. The number of likely N-dealkylation sites (N-methyl/N-ethyl adjacent to an activating group) is 1. The molecule has 1 amide bonds. The van der Waals surface area contributed by atoms with Crippen molar-refractivity contribution in [1.29, 1.82) is 0 Å². The van der Waals surface area contributed by atoms with Crippen molar-refractivity contribution in [3.63, 3.8) is 0 Å². The van der Waals surface area contributed by atoms with E-state index >= 15 is 0 Å². The van der Waals surface area contributed by atoms with Crippen LogP contribution >= 0.6 is 11.6 Å². The molecule has 2 heterocycles. The molecule has 2 aliphatic rings. The van der Waals surface area contributed by atoms with Gasteiger partial charge < -0.3 is 32.2 Å². The van der Waals surface area contributed by atoms with Crippen LogP contribution < -0.4 is 27.4 Å². The number of hydrogen-bond acceptors (Lipinski definition) is 8. The normalized spacial score (nSPS) is 26.0. The molecule has 6 unspecified atom stereocenters. The van der Waals surface area contributed by atoms with Crippen LogP contribution in [0.5, 0.6) is 0 Å². The van der Waals surface area contributed by atoms with E-state index in [9.17, 15) is 4.79 Å². The number of alkyl halides is 1. The number of ether oxygens (including phenoxy) is 1. The lowest BCUT2D eigenvalue weighted by Crippen LogP contribution is -2.66. The average molecular weight is 572 g/mol. The topological polar surface area (TPSA) is 121 Å². The molecule has 228 valence electrons. The minimum absolute atomic E-state index is 0.0183. The summed E-state index contributed by atoms with van der Waals surface area (Å²) in [6, 6.07) is 0.303. The number of carbonyl (C=O) groups is 1. The first-order valence-corrected chi connectivity index (χ1v) is 15.7. The minimum atomic E-state index is -0.799. The summed E-state index contributed by atoms with van der Waals surface area (Å²) in [5.41, 5.74) is 13.9. The van der Waals surface area contributed by atoms with Gasteiger partial charge in [-0.3, -0.25) is 14.6 Å². The summed E-state index contributed by atoms with van der Waals surface area (Å²) in [7, 11) is 3.92. The van der Waals surface area contributed by atoms with Crippen LogP contribution in [0.15, 0.2) is 11.6 Å². The Morgan fingerprint density at radius 3 is 2.67 bits per heavy atom. The number of rotatable bonds is 17. The van der Waals surface area contributed by atoms with Crippen LogP contribution in [-0.4, -0.2) is 111 Å². The summed E-state index contributed by atoms with van der Waals surface area (Å²) in [6.07, 6.45) is 9.01. The van der Waals surface area contributed by atoms with E-state index in [1.165, 1.54) is 24.8 Å². The van der Waals surface area contributed by atoms with Crippen LogP contribution in [0.2, 0.25) is 0 Å². The van der Waals surface area contributed by atoms with Crippen molar-refractivity contribution >= 4 is 17.5 Å². The lowest BCUT2D eigenvalue weighted by atomic mass is 9.91.